The molecule has 0 aromatic carbocycles. The molecule has 0 saturated heterocycles. The lowest BCUT2D eigenvalue weighted by Gasteiger charge is -2.13. The van der Waals surface area contributed by atoms with Gasteiger partial charge in [0.25, 0.3) is 0 Å². The molecule has 0 amide bonds. The molecule has 0 aliphatic rings. The maximum Gasteiger partial charge on any atom is 0.394 e. The van der Waals surface area contributed by atoms with Crippen molar-refractivity contribution in [3.8, 4) is 0 Å². The lowest BCUT2D eigenvalue weighted by atomic mass is 9.92. The Hall–Kier alpha value is -0.790. The van der Waals surface area contributed by atoms with Crippen molar-refractivity contribution in [1.29, 1.82) is 0 Å². The summed E-state index contributed by atoms with van der Waals surface area (Å²) in [6.45, 7) is 6.20. The molecule has 0 saturated carbocycles. The lowest BCUT2D eigenvalue weighted by molar-refractivity contribution is -0.122. The smallest absolute Gasteiger partial charge is 0.303 e. The van der Waals surface area contributed by atoms with Crippen LogP contribution in [0.4, 0.5) is 0 Å². The highest BCUT2D eigenvalue weighted by Gasteiger charge is 2.11. The van der Waals surface area contributed by atoms with Crippen LogP contribution in [-0.2, 0) is 20.0 Å². The Bertz CT molecular complexity index is 369. The molecule has 0 aliphatic heterocycles. The van der Waals surface area contributed by atoms with Gasteiger partial charge in [-0.15, -0.1) is 0 Å². The fourth-order valence-corrected chi connectivity index (χ4v) is 1.92. The molecule has 2 N–H and O–H groups in total. The molecule has 2 atom stereocenters. The Morgan fingerprint density at radius 2 is 1.71 bits per heavy atom. The minimum Gasteiger partial charge on any atom is -0.303 e. The number of unbranched alkanes of at least 4 members (excludes halogenated alkanes) is 1. The SMILES string of the molecule is CCCCC(CC)CCC(=O)CC(C)C=O.O=S(=O)(O)O. The first-order valence-electron chi connectivity index (χ1n) is 7.30. The number of ketones is 1. The van der Waals surface area contributed by atoms with E-state index >= 15 is 0 Å². The molecule has 7 heteroatoms. The Morgan fingerprint density at radius 1 is 1.19 bits per heavy atom. The molecule has 6 nitrogen and oxygen atoms in total. The second kappa shape index (κ2) is 12.9. The number of aldehydes is 1. The number of carbonyl (C=O) groups excluding carboxylic acids is 2. The molecule has 0 aliphatic carbocycles. The van der Waals surface area contributed by atoms with E-state index in [1.54, 1.807) is 6.92 Å². The third-order valence-electron chi connectivity index (χ3n) is 3.16. The number of rotatable bonds is 10. The van der Waals surface area contributed by atoms with Crippen molar-refractivity contribution in [2.45, 2.75) is 65.7 Å². The molecule has 0 fully saturated rings. The van der Waals surface area contributed by atoms with Crippen LogP contribution in [0.1, 0.15) is 65.7 Å². The van der Waals surface area contributed by atoms with E-state index in [0.29, 0.717) is 18.8 Å². The average Bonchev–Trinajstić information content (AvgIpc) is 2.36. The molecule has 0 bridgehead atoms. The molecule has 0 aromatic heterocycles. The quantitative estimate of drug-likeness (QED) is 0.472. The van der Waals surface area contributed by atoms with Crippen LogP contribution in [0.15, 0.2) is 0 Å². The maximum atomic E-state index is 11.5. The van der Waals surface area contributed by atoms with E-state index in [4.69, 9.17) is 17.5 Å². The predicted octanol–water partition coefficient (Wildman–Crippen LogP) is 3.12. The molecule has 0 spiro atoms. The van der Waals surface area contributed by atoms with Crippen LogP contribution >= 0.6 is 0 Å². The van der Waals surface area contributed by atoms with E-state index < -0.39 is 10.4 Å². The molecule has 2 unspecified atom stereocenters. The highest BCUT2D eigenvalue weighted by molar-refractivity contribution is 7.79. The summed E-state index contributed by atoms with van der Waals surface area (Å²) in [6, 6.07) is 0. The van der Waals surface area contributed by atoms with Crippen molar-refractivity contribution in [2.24, 2.45) is 11.8 Å². The summed E-state index contributed by atoms with van der Waals surface area (Å²) >= 11 is 0. The van der Waals surface area contributed by atoms with Crippen LogP contribution in [0, 0.1) is 11.8 Å². The van der Waals surface area contributed by atoms with Gasteiger partial charge in [0.2, 0.25) is 0 Å². The van der Waals surface area contributed by atoms with Crippen LogP contribution < -0.4 is 0 Å². The minimum absolute atomic E-state index is 0.108. The minimum atomic E-state index is -4.67. The predicted molar refractivity (Wildman–Crippen MR) is 81.6 cm³/mol. The van der Waals surface area contributed by atoms with Gasteiger partial charge < -0.3 is 4.79 Å². The third-order valence-corrected chi connectivity index (χ3v) is 3.16. The lowest BCUT2D eigenvalue weighted by Crippen LogP contribution is -2.09. The highest BCUT2D eigenvalue weighted by atomic mass is 32.3. The summed E-state index contributed by atoms with van der Waals surface area (Å²) in [5.41, 5.74) is 0. The summed E-state index contributed by atoms with van der Waals surface area (Å²) in [7, 11) is -4.67. The van der Waals surface area contributed by atoms with Crippen molar-refractivity contribution in [2.75, 3.05) is 0 Å². The van der Waals surface area contributed by atoms with Crippen LogP contribution in [0.5, 0.6) is 0 Å². The number of hydrogen-bond donors (Lipinski definition) is 2. The molecule has 0 aromatic rings. The van der Waals surface area contributed by atoms with E-state index in [9.17, 15) is 9.59 Å². The van der Waals surface area contributed by atoms with Crippen molar-refractivity contribution < 1.29 is 27.1 Å². The fraction of sp³-hybridized carbons (Fsp3) is 0.857. The molecular weight excluding hydrogens is 296 g/mol. The third kappa shape index (κ3) is 21.7. The zero-order chi connectivity index (χ0) is 16.9. The Morgan fingerprint density at radius 3 is 2.10 bits per heavy atom. The van der Waals surface area contributed by atoms with Crippen LogP contribution in [0.25, 0.3) is 0 Å². The van der Waals surface area contributed by atoms with Gasteiger partial charge in [-0.25, -0.2) is 0 Å². The van der Waals surface area contributed by atoms with Gasteiger partial charge in [0.05, 0.1) is 0 Å². The molecule has 0 radical (unpaired) electrons. The first-order chi connectivity index (χ1) is 9.63. The highest BCUT2D eigenvalue weighted by Crippen LogP contribution is 2.19. The normalized spacial score (nSPS) is 13.8. The zero-order valence-electron chi connectivity index (χ0n) is 13.1. The fourth-order valence-electron chi connectivity index (χ4n) is 1.92. The number of Topliss-reactive ketones (excluding diaryl/α,β-unsaturated/α-hetero) is 1. The van der Waals surface area contributed by atoms with Gasteiger partial charge in [-0.1, -0.05) is 46.5 Å². The first-order valence-corrected chi connectivity index (χ1v) is 8.70. The van der Waals surface area contributed by atoms with Crippen molar-refractivity contribution in [3.05, 3.63) is 0 Å². The molecule has 126 valence electrons. The monoisotopic (exact) mass is 324 g/mol. The van der Waals surface area contributed by atoms with E-state index in [2.05, 4.69) is 13.8 Å². The van der Waals surface area contributed by atoms with Crippen molar-refractivity contribution in [1.82, 2.24) is 0 Å². The van der Waals surface area contributed by atoms with Gasteiger partial charge in [0.15, 0.2) is 0 Å². The van der Waals surface area contributed by atoms with Crippen LogP contribution in [-0.4, -0.2) is 29.6 Å². The van der Waals surface area contributed by atoms with E-state index in [-0.39, 0.29) is 11.7 Å². The topological polar surface area (TPSA) is 109 Å². The second-order valence-corrected chi connectivity index (χ2v) is 6.15. The molecule has 0 heterocycles. The Kier molecular flexibility index (Phi) is 13.8. The summed E-state index contributed by atoms with van der Waals surface area (Å²) in [5.74, 6) is 0.827. The summed E-state index contributed by atoms with van der Waals surface area (Å²) < 4.78 is 31.6. The Balaban J connectivity index is 0. The average molecular weight is 324 g/mol. The summed E-state index contributed by atoms with van der Waals surface area (Å²) in [5, 5.41) is 0. The van der Waals surface area contributed by atoms with Crippen molar-refractivity contribution in [3.63, 3.8) is 0 Å². The van der Waals surface area contributed by atoms with Gasteiger partial charge in [-0.3, -0.25) is 13.9 Å². The molecule has 21 heavy (non-hydrogen) atoms. The van der Waals surface area contributed by atoms with E-state index in [1.807, 2.05) is 0 Å². The summed E-state index contributed by atoms with van der Waals surface area (Å²) in [4.78, 5) is 22.0. The standard InChI is InChI=1S/C14H26O2.H2O4S/c1-4-6-7-13(5-2)8-9-14(16)10-12(3)11-15;1-5(2,3)4/h11-13H,4-10H2,1-3H3;(H2,1,2,3,4). The van der Waals surface area contributed by atoms with E-state index in [1.165, 1.54) is 19.3 Å². The maximum absolute atomic E-state index is 11.5. The number of hydrogen-bond acceptors (Lipinski definition) is 4. The molecule has 0 rings (SSSR count). The Labute approximate surface area is 127 Å². The zero-order valence-corrected chi connectivity index (χ0v) is 13.9. The van der Waals surface area contributed by atoms with Crippen molar-refractivity contribution >= 4 is 22.5 Å². The van der Waals surface area contributed by atoms with Gasteiger partial charge >= 0.3 is 10.4 Å². The van der Waals surface area contributed by atoms with Crippen LogP contribution in [0.2, 0.25) is 0 Å². The van der Waals surface area contributed by atoms with Gasteiger partial charge in [0, 0.05) is 18.8 Å². The first kappa shape index (κ1) is 22.5. The van der Waals surface area contributed by atoms with Gasteiger partial charge in [-0.2, -0.15) is 8.42 Å². The summed E-state index contributed by atoms with van der Waals surface area (Å²) in [6.07, 6.45) is 7.84. The van der Waals surface area contributed by atoms with Gasteiger partial charge in [0.1, 0.15) is 12.1 Å². The molecular formula is C14H28O6S. The van der Waals surface area contributed by atoms with Crippen LogP contribution in [0.3, 0.4) is 0 Å². The second-order valence-electron chi connectivity index (χ2n) is 5.26. The van der Waals surface area contributed by atoms with Gasteiger partial charge in [-0.05, 0) is 12.3 Å². The number of carbonyl (C=O) groups is 2. The largest absolute Gasteiger partial charge is 0.394 e. The van der Waals surface area contributed by atoms with E-state index in [0.717, 1.165) is 19.1 Å².